The maximum absolute atomic E-state index is 4.50. The van der Waals surface area contributed by atoms with E-state index in [0.717, 1.165) is 22.4 Å². The topological polar surface area (TPSA) is 25.8 Å². The van der Waals surface area contributed by atoms with E-state index < -0.39 is 0 Å². The molecule has 0 bridgehead atoms. The standard InChI is InChI=1S/C16H12N2/c1-2-4-14(5-3-1)16-7-6-15(12-18-16)13-8-10-17-11-9-13/h1-12H. The Morgan fingerprint density at radius 1 is 0.611 bits per heavy atom. The summed E-state index contributed by atoms with van der Waals surface area (Å²) in [5, 5.41) is 0. The molecule has 0 aliphatic rings. The zero-order valence-electron chi connectivity index (χ0n) is 9.82. The van der Waals surface area contributed by atoms with Crippen LogP contribution in [0.15, 0.2) is 73.2 Å². The molecule has 86 valence electrons. The number of nitrogens with zero attached hydrogens (tertiary/aromatic N) is 2. The quantitative estimate of drug-likeness (QED) is 0.671. The van der Waals surface area contributed by atoms with Crippen molar-refractivity contribution in [2.24, 2.45) is 0 Å². The normalized spacial score (nSPS) is 10.2. The van der Waals surface area contributed by atoms with E-state index in [0.29, 0.717) is 0 Å². The highest BCUT2D eigenvalue weighted by Gasteiger charge is 2.00. The van der Waals surface area contributed by atoms with Gasteiger partial charge >= 0.3 is 0 Å². The molecule has 1 aromatic carbocycles. The van der Waals surface area contributed by atoms with Crippen LogP contribution in [0.2, 0.25) is 0 Å². The molecule has 0 aliphatic heterocycles. The van der Waals surface area contributed by atoms with Gasteiger partial charge in [-0.3, -0.25) is 9.97 Å². The molecular weight excluding hydrogens is 220 g/mol. The lowest BCUT2D eigenvalue weighted by Gasteiger charge is -2.03. The van der Waals surface area contributed by atoms with E-state index in [2.05, 4.69) is 28.2 Å². The number of benzene rings is 1. The first-order chi connectivity index (χ1) is 8.93. The van der Waals surface area contributed by atoms with Crippen LogP contribution in [0.3, 0.4) is 0 Å². The van der Waals surface area contributed by atoms with Crippen LogP contribution in [0, 0.1) is 0 Å². The number of aromatic nitrogens is 2. The van der Waals surface area contributed by atoms with Crippen molar-refractivity contribution in [1.82, 2.24) is 9.97 Å². The fourth-order valence-electron chi connectivity index (χ4n) is 1.89. The van der Waals surface area contributed by atoms with Gasteiger partial charge in [-0.2, -0.15) is 0 Å². The van der Waals surface area contributed by atoms with Gasteiger partial charge in [0.05, 0.1) is 5.69 Å². The van der Waals surface area contributed by atoms with Gasteiger partial charge in [0.15, 0.2) is 0 Å². The molecule has 0 saturated heterocycles. The van der Waals surface area contributed by atoms with Crippen LogP contribution >= 0.6 is 0 Å². The van der Waals surface area contributed by atoms with E-state index in [4.69, 9.17) is 0 Å². The van der Waals surface area contributed by atoms with Crippen molar-refractivity contribution in [3.8, 4) is 22.4 Å². The highest BCUT2D eigenvalue weighted by atomic mass is 14.7. The molecule has 2 nitrogen and oxygen atoms in total. The van der Waals surface area contributed by atoms with Gasteiger partial charge in [-0.05, 0) is 23.8 Å². The van der Waals surface area contributed by atoms with Crippen LogP contribution in [-0.4, -0.2) is 9.97 Å². The van der Waals surface area contributed by atoms with E-state index >= 15 is 0 Å². The lowest BCUT2D eigenvalue weighted by molar-refractivity contribution is 1.30. The Hall–Kier alpha value is -2.48. The summed E-state index contributed by atoms with van der Waals surface area (Å²) in [6.45, 7) is 0. The summed E-state index contributed by atoms with van der Waals surface area (Å²) in [7, 11) is 0. The molecule has 2 aromatic heterocycles. The highest BCUT2D eigenvalue weighted by Crippen LogP contribution is 2.21. The molecule has 0 aliphatic carbocycles. The van der Waals surface area contributed by atoms with E-state index in [1.807, 2.05) is 42.6 Å². The molecule has 0 spiro atoms. The van der Waals surface area contributed by atoms with Gasteiger partial charge in [0.1, 0.15) is 0 Å². The minimum atomic E-state index is 0.994. The third-order valence-corrected chi connectivity index (χ3v) is 2.85. The second-order valence-electron chi connectivity index (χ2n) is 4.03. The summed E-state index contributed by atoms with van der Waals surface area (Å²) in [5.41, 5.74) is 4.38. The molecule has 0 amide bonds. The second kappa shape index (κ2) is 4.80. The fourth-order valence-corrected chi connectivity index (χ4v) is 1.89. The monoisotopic (exact) mass is 232 g/mol. The van der Waals surface area contributed by atoms with Crippen LogP contribution in [0.4, 0.5) is 0 Å². The first-order valence-electron chi connectivity index (χ1n) is 5.85. The zero-order valence-corrected chi connectivity index (χ0v) is 9.82. The Labute approximate surface area is 106 Å². The third-order valence-electron chi connectivity index (χ3n) is 2.85. The third kappa shape index (κ3) is 2.13. The first kappa shape index (κ1) is 10.7. The minimum absolute atomic E-state index is 0.994. The van der Waals surface area contributed by atoms with E-state index in [1.165, 1.54) is 0 Å². The predicted molar refractivity (Wildman–Crippen MR) is 72.9 cm³/mol. The van der Waals surface area contributed by atoms with Crippen LogP contribution in [0.25, 0.3) is 22.4 Å². The van der Waals surface area contributed by atoms with E-state index in [-0.39, 0.29) is 0 Å². The molecule has 0 saturated carbocycles. The number of rotatable bonds is 2. The molecule has 0 N–H and O–H groups in total. The Balaban J connectivity index is 1.95. The molecule has 0 unspecified atom stereocenters. The van der Waals surface area contributed by atoms with Crippen molar-refractivity contribution in [3.05, 3.63) is 73.2 Å². The molecule has 3 aromatic rings. The molecular formula is C16H12N2. The van der Waals surface area contributed by atoms with Gasteiger partial charge < -0.3 is 0 Å². The van der Waals surface area contributed by atoms with Gasteiger partial charge in [0.25, 0.3) is 0 Å². The van der Waals surface area contributed by atoms with Crippen LogP contribution in [0.5, 0.6) is 0 Å². The van der Waals surface area contributed by atoms with Crippen LogP contribution in [-0.2, 0) is 0 Å². The van der Waals surface area contributed by atoms with Crippen molar-refractivity contribution in [2.75, 3.05) is 0 Å². The maximum atomic E-state index is 4.50. The Morgan fingerprint density at radius 2 is 1.39 bits per heavy atom. The highest BCUT2D eigenvalue weighted by molar-refractivity contribution is 5.66. The van der Waals surface area contributed by atoms with Gasteiger partial charge in [-0.25, -0.2) is 0 Å². The van der Waals surface area contributed by atoms with E-state index in [1.54, 1.807) is 12.4 Å². The summed E-state index contributed by atoms with van der Waals surface area (Å²) < 4.78 is 0. The van der Waals surface area contributed by atoms with Crippen molar-refractivity contribution >= 4 is 0 Å². The van der Waals surface area contributed by atoms with Crippen molar-refractivity contribution in [3.63, 3.8) is 0 Å². The zero-order chi connectivity index (χ0) is 12.2. The summed E-state index contributed by atoms with van der Waals surface area (Å²) >= 11 is 0. The first-order valence-corrected chi connectivity index (χ1v) is 5.85. The molecule has 0 radical (unpaired) electrons. The second-order valence-corrected chi connectivity index (χ2v) is 4.03. The Morgan fingerprint density at radius 3 is 2.06 bits per heavy atom. The Kier molecular flexibility index (Phi) is 2.84. The van der Waals surface area contributed by atoms with Gasteiger partial charge in [0.2, 0.25) is 0 Å². The van der Waals surface area contributed by atoms with Crippen molar-refractivity contribution in [2.45, 2.75) is 0 Å². The summed E-state index contributed by atoms with van der Waals surface area (Å²) in [6, 6.07) is 18.3. The SMILES string of the molecule is c1ccc(-c2ccc(-c3ccncc3)cn2)cc1. The molecule has 3 rings (SSSR count). The number of hydrogen-bond donors (Lipinski definition) is 0. The molecule has 2 heteroatoms. The predicted octanol–water partition coefficient (Wildman–Crippen LogP) is 3.81. The lowest BCUT2D eigenvalue weighted by atomic mass is 10.1. The average molecular weight is 232 g/mol. The van der Waals surface area contributed by atoms with Crippen molar-refractivity contribution < 1.29 is 0 Å². The Bertz CT molecular complexity index is 558. The van der Waals surface area contributed by atoms with E-state index in [9.17, 15) is 0 Å². The summed E-state index contributed by atoms with van der Waals surface area (Å²) in [5.74, 6) is 0. The fraction of sp³-hybridized carbons (Fsp3) is 0. The summed E-state index contributed by atoms with van der Waals surface area (Å²) in [6.07, 6.45) is 5.48. The average Bonchev–Trinajstić information content (AvgIpc) is 2.49. The molecule has 0 atom stereocenters. The molecule has 0 fully saturated rings. The molecule has 18 heavy (non-hydrogen) atoms. The van der Waals surface area contributed by atoms with Crippen molar-refractivity contribution in [1.29, 1.82) is 0 Å². The molecule has 2 heterocycles. The smallest absolute Gasteiger partial charge is 0.0702 e. The number of pyridine rings is 2. The minimum Gasteiger partial charge on any atom is -0.265 e. The summed E-state index contributed by atoms with van der Waals surface area (Å²) in [4.78, 5) is 8.52. The largest absolute Gasteiger partial charge is 0.265 e. The number of hydrogen-bond acceptors (Lipinski definition) is 2. The van der Waals surface area contributed by atoms with Crippen LogP contribution in [0.1, 0.15) is 0 Å². The van der Waals surface area contributed by atoms with Gasteiger partial charge in [0, 0.05) is 29.7 Å². The van der Waals surface area contributed by atoms with Gasteiger partial charge in [-0.15, -0.1) is 0 Å². The maximum Gasteiger partial charge on any atom is 0.0702 e. The van der Waals surface area contributed by atoms with Crippen LogP contribution < -0.4 is 0 Å². The van der Waals surface area contributed by atoms with Gasteiger partial charge in [-0.1, -0.05) is 36.4 Å². The lowest BCUT2D eigenvalue weighted by Crippen LogP contribution is -1.84.